The van der Waals surface area contributed by atoms with Gasteiger partial charge in [0.1, 0.15) is 0 Å². The van der Waals surface area contributed by atoms with Crippen molar-refractivity contribution in [3.63, 3.8) is 0 Å². The molecule has 1 unspecified atom stereocenters. The molecule has 3 N–H and O–H groups in total. The van der Waals surface area contributed by atoms with Gasteiger partial charge in [0.15, 0.2) is 0 Å². The highest BCUT2D eigenvalue weighted by molar-refractivity contribution is 5.77. The van der Waals surface area contributed by atoms with Gasteiger partial charge < -0.3 is 16.0 Å². The molecule has 18 heavy (non-hydrogen) atoms. The van der Waals surface area contributed by atoms with Crippen molar-refractivity contribution in [2.24, 2.45) is 11.7 Å². The van der Waals surface area contributed by atoms with E-state index in [2.05, 4.69) is 5.32 Å². The Kier molecular flexibility index (Phi) is 4.22. The largest absolute Gasteiger partial charge is 0.353 e. The van der Waals surface area contributed by atoms with Crippen LogP contribution >= 0.6 is 0 Å². The molecule has 0 bridgehead atoms. The lowest BCUT2D eigenvalue weighted by Crippen LogP contribution is -2.47. The van der Waals surface area contributed by atoms with Crippen LogP contribution in [0.15, 0.2) is 0 Å². The highest BCUT2D eigenvalue weighted by Crippen LogP contribution is 2.33. The Balaban J connectivity index is 1.71. The summed E-state index contributed by atoms with van der Waals surface area (Å²) < 4.78 is 0. The number of likely N-dealkylation sites (tertiary alicyclic amines) is 1. The van der Waals surface area contributed by atoms with Crippen molar-refractivity contribution in [1.29, 1.82) is 0 Å². The minimum Gasteiger partial charge on any atom is -0.353 e. The predicted octanol–water partition coefficient (Wildman–Crippen LogP) is 0.241. The van der Waals surface area contributed by atoms with Gasteiger partial charge in [0.25, 0.3) is 0 Å². The Morgan fingerprint density at radius 1 is 1.28 bits per heavy atom. The van der Waals surface area contributed by atoms with E-state index in [0.29, 0.717) is 12.3 Å². The number of hydrogen-bond donors (Lipinski definition) is 2. The van der Waals surface area contributed by atoms with E-state index >= 15 is 0 Å². The van der Waals surface area contributed by atoms with E-state index in [1.54, 1.807) is 0 Å². The highest BCUT2D eigenvalue weighted by atomic mass is 16.2. The van der Waals surface area contributed by atoms with Crippen LogP contribution < -0.4 is 11.1 Å². The molecule has 0 aromatic rings. The Bertz CT molecular complexity index is 320. The van der Waals surface area contributed by atoms with Crippen LogP contribution in [-0.2, 0) is 9.59 Å². The number of amides is 2. The fourth-order valence-corrected chi connectivity index (χ4v) is 2.58. The molecule has 0 spiro atoms. The summed E-state index contributed by atoms with van der Waals surface area (Å²) in [4.78, 5) is 24.9. The lowest BCUT2D eigenvalue weighted by molar-refractivity contribution is -0.132. The summed E-state index contributed by atoms with van der Waals surface area (Å²) >= 11 is 0. The third-order valence-electron chi connectivity index (χ3n) is 3.89. The predicted molar refractivity (Wildman–Crippen MR) is 68.7 cm³/mol. The third-order valence-corrected chi connectivity index (χ3v) is 3.89. The number of rotatable bonds is 4. The minimum atomic E-state index is 0.00975. The van der Waals surface area contributed by atoms with Crippen LogP contribution in [0.5, 0.6) is 0 Å². The van der Waals surface area contributed by atoms with E-state index in [1.807, 2.05) is 4.90 Å². The summed E-state index contributed by atoms with van der Waals surface area (Å²) in [7, 11) is 0. The monoisotopic (exact) mass is 253 g/mol. The number of carbonyl (C=O) groups is 2. The van der Waals surface area contributed by atoms with E-state index in [9.17, 15) is 9.59 Å². The van der Waals surface area contributed by atoms with Crippen LogP contribution in [0.3, 0.4) is 0 Å². The zero-order valence-corrected chi connectivity index (χ0v) is 11.0. The maximum atomic E-state index is 12.0. The van der Waals surface area contributed by atoms with Gasteiger partial charge in [0.05, 0.1) is 0 Å². The number of carbonyl (C=O) groups excluding carboxylic acids is 2. The van der Waals surface area contributed by atoms with E-state index in [4.69, 9.17) is 5.73 Å². The molecule has 1 atom stereocenters. The standard InChI is InChI=1S/C13H23N3O2/c1-9(17)15-11-4-6-16(7-5-11)13(18)8-12(14)10-2-3-10/h10-12H,2-8,14H2,1H3,(H,15,17). The van der Waals surface area contributed by atoms with E-state index in [1.165, 1.54) is 19.8 Å². The van der Waals surface area contributed by atoms with E-state index in [0.717, 1.165) is 25.9 Å². The first-order valence-electron chi connectivity index (χ1n) is 6.86. The molecule has 2 fully saturated rings. The molecule has 2 amide bonds. The summed E-state index contributed by atoms with van der Waals surface area (Å²) in [6.07, 6.45) is 4.54. The topological polar surface area (TPSA) is 75.4 Å². The van der Waals surface area contributed by atoms with Gasteiger partial charge in [-0.2, -0.15) is 0 Å². The van der Waals surface area contributed by atoms with Crippen molar-refractivity contribution in [3.05, 3.63) is 0 Å². The molecule has 1 saturated heterocycles. The van der Waals surface area contributed by atoms with Crippen LogP contribution in [0.2, 0.25) is 0 Å². The summed E-state index contributed by atoms with van der Waals surface area (Å²) in [5, 5.41) is 2.91. The van der Waals surface area contributed by atoms with Gasteiger partial charge in [-0.1, -0.05) is 0 Å². The van der Waals surface area contributed by atoms with E-state index < -0.39 is 0 Å². The van der Waals surface area contributed by atoms with Gasteiger partial charge in [-0.15, -0.1) is 0 Å². The second-order valence-corrected chi connectivity index (χ2v) is 5.56. The maximum Gasteiger partial charge on any atom is 0.224 e. The minimum absolute atomic E-state index is 0.00975. The Morgan fingerprint density at radius 2 is 1.89 bits per heavy atom. The average Bonchev–Trinajstić information content (AvgIpc) is 3.12. The highest BCUT2D eigenvalue weighted by Gasteiger charge is 2.31. The molecule has 2 aliphatic rings. The van der Waals surface area contributed by atoms with Gasteiger partial charge in [0.2, 0.25) is 11.8 Å². The van der Waals surface area contributed by atoms with Crippen molar-refractivity contribution < 1.29 is 9.59 Å². The maximum absolute atomic E-state index is 12.0. The third kappa shape index (κ3) is 3.70. The van der Waals surface area contributed by atoms with Crippen molar-refractivity contribution in [2.75, 3.05) is 13.1 Å². The quantitative estimate of drug-likeness (QED) is 0.753. The molecular formula is C13H23N3O2. The Hall–Kier alpha value is -1.10. The summed E-state index contributed by atoms with van der Waals surface area (Å²) in [5.41, 5.74) is 5.98. The number of nitrogens with two attached hydrogens (primary N) is 1. The number of piperidine rings is 1. The van der Waals surface area contributed by atoms with Gasteiger partial charge >= 0.3 is 0 Å². The molecule has 0 radical (unpaired) electrons. The lowest BCUT2D eigenvalue weighted by Gasteiger charge is -2.32. The van der Waals surface area contributed by atoms with Crippen LogP contribution in [0.25, 0.3) is 0 Å². The van der Waals surface area contributed by atoms with Crippen molar-refractivity contribution in [3.8, 4) is 0 Å². The molecule has 102 valence electrons. The second kappa shape index (κ2) is 5.69. The van der Waals surface area contributed by atoms with Crippen LogP contribution in [0, 0.1) is 5.92 Å². The first-order valence-corrected chi connectivity index (χ1v) is 6.86. The Morgan fingerprint density at radius 3 is 2.39 bits per heavy atom. The fraction of sp³-hybridized carbons (Fsp3) is 0.846. The molecule has 5 nitrogen and oxygen atoms in total. The molecule has 1 saturated carbocycles. The molecule has 2 rings (SSSR count). The number of hydrogen-bond acceptors (Lipinski definition) is 3. The molecular weight excluding hydrogens is 230 g/mol. The number of nitrogens with one attached hydrogen (secondary N) is 1. The molecule has 0 aromatic carbocycles. The van der Waals surface area contributed by atoms with Crippen LogP contribution in [0.1, 0.15) is 39.0 Å². The van der Waals surface area contributed by atoms with Gasteiger partial charge in [-0.05, 0) is 31.6 Å². The average molecular weight is 253 g/mol. The summed E-state index contributed by atoms with van der Waals surface area (Å²) in [6.45, 7) is 3.01. The first kappa shape index (κ1) is 13.3. The molecule has 1 heterocycles. The molecule has 1 aliphatic heterocycles. The Labute approximate surface area is 108 Å². The zero-order valence-electron chi connectivity index (χ0n) is 11.0. The molecule has 0 aromatic heterocycles. The number of nitrogens with zero attached hydrogens (tertiary/aromatic N) is 1. The fourth-order valence-electron chi connectivity index (χ4n) is 2.58. The second-order valence-electron chi connectivity index (χ2n) is 5.56. The van der Waals surface area contributed by atoms with Gasteiger partial charge in [0, 0.05) is 38.5 Å². The normalized spacial score (nSPS) is 22.7. The van der Waals surface area contributed by atoms with Gasteiger partial charge in [-0.25, -0.2) is 0 Å². The summed E-state index contributed by atoms with van der Waals surface area (Å²) in [5.74, 6) is 0.761. The first-order chi connectivity index (χ1) is 8.56. The molecule has 1 aliphatic carbocycles. The van der Waals surface area contributed by atoms with Crippen molar-refractivity contribution in [2.45, 2.75) is 51.1 Å². The van der Waals surface area contributed by atoms with Crippen molar-refractivity contribution in [1.82, 2.24) is 10.2 Å². The SMILES string of the molecule is CC(=O)NC1CCN(C(=O)CC(N)C2CC2)CC1. The summed E-state index contributed by atoms with van der Waals surface area (Å²) in [6, 6.07) is 0.272. The van der Waals surface area contributed by atoms with E-state index in [-0.39, 0.29) is 23.9 Å². The zero-order chi connectivity index (χ0) is 13.1. The van der Waals surface area contributed by atoms with Crippen molar-refractivity contribution >= 4 is 11.8 Å². The van der Waals surface area contributed by atoms with Gasteiger partial charge in [-0.3, -0.25) is 9.59 Å². The molecule has 5 heteroatoms. The smallest absolute Gasteiger partial charge is 0.224 e. The lowest BCUT2D eigenvalue weighted by atomic mass is 10.0. The van der Waals surface area contributed by atoms with Crippen LogP contribution in [-0.4, -0.2) is 41.9 Å². The van der Waals surface area contributed by atoms with Crippen LogP contribution in [0.4, 0.5) is 0 Å².